The lowest BCUT2D eigenvalue weighted by Crippen LogP contribution is -2.43. The average Bonchev–Trinajstić information content (AvgIpc) is 2.55. The number of hydrogen-bond acceptors (Lipinski definition) is 3. The zero-order chi connectivity index (χ0) is 13.6. The molecule has 2 aromatic rings. The van der Waals surface area contributed by atoms with E-state index in [1.54, 1.807) is 0 Å². The van der Waals surface area contributed by atoms with Gasteiger partial charge in [-0.1, -0.05) is 48.5 Å². The van der Waals surface area contributed by atoms with Crippen molar-refractivity contribution >= 4 is 0 Å². The van der Waals surface area contributed by atoms with Gasteiger partial charge in [0, 0.05) is 13.1 Å². The Morgan fingerprint density at radius 3 is 2.35 bits per heavy atom. The molecular formula is C17H19NO2. The summed E-state index contributed by atoms with van der Waals surface area (Å²) < 4.78 is 12.1. The molecule has 1 unspecified atom stereocenters. The molecule has 1 heterocycles. The molecule has 0 aromatic heterocycles. The third-order valence-electron chi connectivity index (χ3n) is 3.43. The molecule has 104 valence electrons. The molecule has 0 bridgehead atoms. The normalized spacial score (nSPS) is 20.3. The topological polar surface area (TPSA) is 30.5 Å². The summed E-state index contributed by atoms with van der Waals surface area (Å²) in [5.41, 5.74) is 1.14. The lowest BCUT2D eigenvalue weighted by molar-refractivity contribution is -0.0432. The van der Waals surface area contributed by atoms with Crippen molar-refractivity contribution in [3.8, 4) is 5.75 Å². The third kappa shape index (κ3) is 3.18. The minimum absolute atomic E-state index is 0.0337. The van der Waals surface area contributed by atoms with E-state index in [2.05, 4.69) is 17.4 Å². The summed E-state index contributed by atoms with van der Waals surface area (Å²) in [6, 6.07) is 20.2. The van der Waals surface area contributed by atoms with Gasteiger partial charge in [-0.3, -0.25) is 0 Å². The number of ether oxygens (including phenoxy) is 2. The van der Waals surface area contributed by atoms with Crippen molar-refractivity contribution < 1.29 is 9.47 Å². The second kappa shape index (κ2) is 6.55. The van der Waals surface area contributed by atoms with E-state index in [-0.39, 0.29) is 12.2 Å². The van der Waals surface area contributed by atoms with Crippen molar-refractivity contribution in [1.29, 1.82) is 0 Å². The molecule has 1 fully saturated rings. The van der Waals surface area contributed by atoms with Crippen LogP contribution in [0.4, 0.5) is 0 Å². The minimum Gasteiger partial charge on any atom is -0.483 e. The standard InChI is InChI=1S/C17H19NO2/c1-3-7-14(8-4-1)17(16-13-18-11-12-19-16)20-15-9-5-2-6-10-15/h1-10,16-18H,11-13H2/t16-,17?/m0/s1. The van der Waals surface area contributed by atoms with Crippen molar-refractivity contribution in [2.75, 3.05) is 19.7 Å². The highest BCUT2D eigenvalue weighted by molar-refractivity contribution is 5.25. The summed E-state index contributed by atoms with van der Waals surface area (Å²) in [6.07, 6.45) is -0.0576. The van der Waals surface area contributed by atoms with Gasteiger partial charge in [0.15, 0.2) is 6.10 Å². The Hall–Kier alpha value is -1.84. The van der Waals surface area contributed by atoms with E-state index >= 15 is 0 Å². The largest absolute Gasteiger partial charge is 0.483 e. The first-order valence-corrected chi connectivity index (χ1v) is 7.02. The van der Waals surface area contributed by atoms with E-state index in [0.29, 0.717) is 0 Å². The smallest absolute Gasteiger partial charge is 0.151 e. The van der Waals surface area contributed by atoms with Crippen LogP contribution in [0.5, 0.6) is 5.75 Å². The van der Waals surface area contributed by atoms with Gasteiger partial charge >= 0.3 is 0 Å². The minimum atomic E-state index is -0.0913. The van der Waals surface area contributed by atoms with Crippen molar-refractivity contribution in [3.05, 3.63) is 66.2 Å². The number of nitrogens with one attached hydrogen (secondary N) is 1. The Morgan fingerprint density at radius 2 is 1.70 bits per heavy atom. The lowest BCUT2D eigenvalue weighted by Gasteiger charge is -2.31. The van der Waals surface area contributed by atoms with Gasteiger partial charge in [-0.2, -0.15) is 0 Å². The van der Waals surface area contributed by atoms with E-state index in [4.69, 9.17) is 9.47 Å². The van der Waals surface area contributed by atoms with Crippen molar-refractivity contribution in [2.24, 2.45) is 0 Å². The maximum Gasteiger partial charge on any atom is 0.151 e. The van der Waals surface area contributed by atoms with Crippen LogP contribution in [0, 0.1) is 0 Å². The zero-order valence-electron chi connectivity index (χ0n) is 11.4. The van der Waals surface area contributed by atoms with Gasteiger partial charge in [-0.15, -0.1) is 0 Å². The maximum atomic E-state index is 6.18. The molecule has 1 aliphatic rings. The Labute approximate surface area is 119 Å². The average molecular weight is 269 g/mol. The molecule has 3 nitrogen and oxygen atoms in total. The predicted molar refractivity (Wildman–Crippen MR) is 78.9 cm³/mol. The molecule has 3 rings (SSSR count). The van der Waals surface area contributed by atoms with Crippen molar-refractivity contribution in [1.82, 2.24) is 5.32 Å². The molecule has 3 heteroatoms. The van der Waals surface area contributed by atoms with Gasteiger partial charge in [0.05, 0.1) is 6.61 Å². The number of morpholine rings is 1. The summed E-state index contributed by atoms with van der Waals surface area (Å²) in [4.78, 5) is 0. The molecule has 1 saturated heterocycles. The molecule has 1 N–H and O–H groups in total. The highest BCUT2D eigenvalue weighted by Gasteiger charge is 2.27. The molecular weight excluding hydrogens is 250 g/mol. The number of rotatable bonds is 4. The first-order chi connectivity index (χ1) is 9.93. The first-order valence-electron chi connectivity index (χ1n) is 7.02. The van der Waals surface area contributed by atoms with Crippen molar-refractivity contribution in [3.63, 3.8) is 0 Å². The fraction of sp³-hybridized carbons (Fsp3) is 0.294. The van der Waals surface area contributed by atoms with Gasteiger partial charge in [0.2, 0.25) is 0 Å². The highest BCUT2D eigenvalue weighted by atomic mass is 16.5. The van der Waals surface area contributed by atoms with E-state index in [9.17, 15) is 0 Å². The third-order valence-corrected chi connectivity index (χ3v) is 3.43. The molecule has 0 radical (unpaired) electrons. The summed E-state index contributed by atoms with van der Waals surface area (Å²) in [5, 5.41) is 3.37. The molecule has 2 atom stereocenters. The zero-order valence-corrected chi connectivity index (χ0v) is 11.4. The van der Waals surface area contributed by atoms with Crippen LogP contribution in [-0.4, -0.2) is 25.8 Å². The van der Waals surface area contributed by atoms with Gasteiger partial charge < -0.3 is 14.8 Å². The van der Waals surface area contributed by atoms with E-state index in [0.717, 1.165) is 31.0 Å². The molecule has 2 aromatic carbocycles. The molecule has 0 saturated carbocycles. The number of hydrogen-bond donors (Lipinski definition) is 1. The fourth-order valence-corrected chi connectivity index (χ4v) is 2.43. The van der Waals surface area contributed by atoms with Crippen molar-refractivity contribution in [2.45, 2.75) is 12.2 Å². The van der Waals surface area contributed by atoms with E-state index in [1.807, 2.05) is 48.5 Å². The van der Waals surface area contributed by atoms with Crippen LogP contribution in [0.15, 0.2) is 60.7 Å². The van der Waals surface area contributed by atoms with Crippen LogP contribution in [0.3, 0.4) is 0 Å². The Balaban J connectivity index is 1.83. The van der Waals surface area contributed by atoms with Crippen LogP contribution in [0.2, 0.25) is 0 Å². The van der Waals surface area contributed by atoms with E-state index < -0.39 is 0 Å². The highest BCUT2D eigenvalue weighted by Crippen LogP contribution is 2.27. The quantitative estimate of drug-likeness (QED) is 0.926. The van der Waals surface area contributed by atoms with Crippen LogP contribution in [0.25, 0.3) is 0 Å². The van der Waals surface area contributed by atoms with Gasteiger partial charge in [0.25, 0.3) is 0 Å². The van der Waals surface area contributed by atoms with Gasteiger partial charge in [-0.05, 0) is 17.7 Å². The van der Waals surface area contributed by atoms with Crippen LogP contribution in [0.1, 0.15) is 11.7 Å². The second-order valence-electron chi connectivity index (χ2n) is 4.88. The monoisotopic (exact) mass is 269 g/mol. The van der Waals surface area contributed by atoms with Crippen LogP contribution >= 0.6 is 0 Å². The number of para-hydroxylation sites is 1. The molecule has 0 spiro atoms. The molecule has 1 aliphatic heterocycles. The Kier molecular flexibility index (Phi) is 4.31. The lowest BCUT2D eigenvalue weighted by atomic mass is 10.0. The SMILES string of the molecule is c1ccc(OC(c2ccccc2)[C@@H]2CNCCO2)cc1. The molecule has 20 heavy (non-hydrogen) atoms. The summed E-state index contributed by atoms with van der Waals surface area (Å²) in [5.74, 6) is 0.871. The van der Waals surface area contributed by atoms with E-state index in [1.165, 1.54) is 0 Å². The first kappa shape index (κ1) is 13.2. The predicted octanol–water partition coefficient (Wildman–Crippen LogP) is 2.80. The maximum absolute atomic E-state index is 6.18. The second-order valence-corrected chi connectivity index (χ2v) is 4.88. The van der Waals surface area contributed by atoms with Crippen LogP contribution < -0.4 is 10.1 Å². The van der Waals surface area contributed by atoms with Crippen LogP contribution in [-0.2, 0) is 4.74 Å². The summed E-state index contributed by atoms with van der Waals surface area (Å²) in [7, 11) is 0. The molecule has 0 amide bonds. The fourth-order valence-electron chi connectivity index (χ4n) is 2.43. The number of benzene rings is 2. The summed E-state index contributed by atoms with van der Waals surface area (Å²) in [6.45, 7) is 2.45. The Bertz CT molecular complexity index is 509. The molecule has 0 aliphatic carbocycles. The van der Waals surface area contributed by atoms with Gasteiger partial charge in [-0.25, -0.2) is 0 Å². The Morgan fingerprint density at radius 1 is 1.00 bits per heavy atom. The summed E-state index contributed by atoms with van der Waals surface area (Å²) >= 11 is 0. The van der Waals surface area contributed by atoms with Gasteiger partial charge in [0.1, 0.15) is 11.9 Å².